The first-order valence-corrected chi connectivity index (χ1v) is 12.3. The predicted molar refractivity (Wildman–Crippen MR) is 134 cm³/mol. The lowest BCUT2D eigenvalue weighted by atomic mass is 10.1. The molecule has 2 heterocycles. The molecule has 2 aromatic carbocycles. The fourth-order valence-electron chi connectivity index (χ4n) is 4.66. The van der Waals surface area contributed by atoms with Crippen molar-refractivity contribution in [3.05, 3.63) is 58.8 Å². The highest BCUT2D eigenvalue weighted by molar-refractivity contribution is 5.94. The molecule has 1 aliphatic rings. The third-order valence-electron chi connectivity index (χ3n) is 6.60. The van der Waals surface area contributed by atoms with Crippen LogP contribution in [-0.4, -0.2) is 66.2 Å². The summed E-state index contributed by atoms with van der Waals surface area (Å²) in [7, 11) is 0. The Kier molecular flexibility index (Phi) is 8.13. The van der Waals surface area contributed by atoms with E-state index in [2.05, 4.69) is 11.8 Å². The number of carbonyl (C=O) groups is 1. The number of carbonyl (C=O) groups excluding carboxylic acids is 1. The average molecular weight is 450 g/mol. The van der Waals surface area contributed by atoms with Gasteiger partial charge in [-0.1, -0.05) is 50.5 Å². The SMILES string of the molecule is CCCCCCN(CCN1CCOCC1)C(=O)Cn1c2ccccc2c(=O)c2ccccc21. The Morgan fingerprint density at radius 3 is 2.18 bits per heavy atom. The third-order valence-corrected chi connectivity index (χ3v) is 6.60. The first kappa shape index (κ1) is 23.5. The van der Waals surface area contributed by atoms with Gasteiger partial charge >= 0.3 is 0 Å². The lowest BCUT2D eigenvalue weighted by molar-refractivity contribution is -0.132. The van der Waals surface area contributed by atoms with Gasteiger partial charge in [0, 0.05) is 43.5 Å². The van der Waals surface area contributed by atoms with Gasteiger partial charge in [0.15, 0.2) is 5.43 Å². The molecule has 0 unspecified atom stereocenters. The van der Waals surface area contributed by atoms with Crippen molar-refractivity contribution in [1.82, 2.24) is 14.4 Å². The number of aromatic nitrogens is 1. The second-order valence-corrected chi connectivity index (χ2v) is 8.85. The summed E-state index contributed by atoms with van der Waals surface area (Å²) in [5.41, 5.74) is 1.65. The molecule has 0 aliphatic carbocycles. The van der Waals surface area contributed by atoms with Gasteiger partial charge in [-0.3, -0.25) is 14.5 Å². The van der Waals surface area contributed by atoms with Crippen molar-refractivity contribution in [2.24, 2.45) is 0 Å². The quantitative estimate of drug-likeness (QED) is 0.348. The topological polar surface area (TPSA) is 54.8 Å². The van der Waals surface area contributed by atoms with Crippen LogP contribution >= 0.6 is 0 Å². The molecular formula is C27H35N3O3. The van der Waals surface area contributed by atoms with Crippen molar-refractivity contribution in [2.75, 3.05) is 45.9 Å². The fraction of sp³-hybridized carbons (Fsp3) is 0.481. The van der Waals surface area contributed by atoms with E-state index in [0.717, 1.165) is 69.8 Å². The number of fused-ring (bicyclic) bond motifs is 2. The number of hydrogen-bond acceptors (Lipinski definition) is 4. The maximum atomic E-state index is 13.6. The molecule has 6 heteroatoms. The van der Waals surface area contributed by atoms with Gasteiger partial charge in [-0.2, -0.15) is 0 Å². The minimum Gasteiger partial charge on any atom is -0.379 e. The first-order chi connectivity index (χ1) is 16.2. The van der Waals surface area contributed by atoms with Gasteiger partial charge in [-0.05, 0) is 30.7 Å². The smallest absolute Gasteiger partial charge is 0.242 e. The van der Waals surface area contributed by atoms with Crippen LogP contribution in [0.25, 0.3) is 21.8 Å². The Hall–Kier alpha value is -2.70. The molecule has 176 valence electrons. The lowest BCUT2D eigenvalue weighted by Crippen LogP contribution is -2.44. The third kappa shape index (κ3) is 5.63. The van der Waals surface area contributed by atoms with Gasteiger partial charge in [0.1, 0.15) is 6.54 Å². The minimum atomic E-state index is 0.0219. The van der Waals surface area contributed by atoms with Crippen LogP contribution in [0.15, 0.2) is 53.3 Å². The van der Waals surface area contributed by atoms with Crippen molar-refractivity contribution in [2.45, 2.75) is 39.2 Å². The average Bonchev–Trinajstić information content (AvgIpc) is 2.86. The van der Waals surface area contributed by atoms with Crippen molar-refractivity contribution >= 4 is 27.7 Å². The maximum Gasteiger partial charge on any atom is 0.242 e. The molecule has 0 bridgehead atoms. The summed E-state index contributed by atoms with van der Waals surface area (Å²) in [4.78, 5) is 31.0. The largest absolute Gasteiger partial charge is 0.379 e. The van der Waals surface area contributed by atoms with E-state index >= 15 is 0 Å². The van der Waals surface area contributed by atoms with Crippen molar-refractivity contribution < 1.29 is 9.53 Å². The summed E-state index contributed by atoms with van der Waals surface area (Å²) < 4.78 is 7.48. The van der Waals surface area contributed by atoms with E-state index < -0.39 is 0 Å². The first-order valence-electron chi connectivity index (χ1n) is 12.3. The zero-order valence-corrected chi connectivity index (χ0v) is 19.7. The number of ether oxygens (including phenoxy) is 1. The van der Waals surface area contributed by atoms with Gasteiger partial charge in [0.25, 0.3) is 0 Å². The molecule has 1 amide bonds. The van der Waals surface area contributed by atoms with Crippen LogP contribution < -0.4 is 5.43 Å². The van der Waals surface area contributed by atoms with E-state index in [-0.39, 0.29) is 17.9 Å². The van der Waals surface area contributed by atoms with Gasteiger partial charge in [-0.25, -0.2) is 0 Å². The number of para-hydroxylation sites is 2. The van der Waals surface area contributed by atoms with Crippen LogP contribution in [0.5, 0.6) is 0 Å². The van der Waals surface area contributed by atoms with Crippen LogP contribution in [0.3, 0.4) is 0 Å². The molecule has 0 spiro atoms. The number of pyridine rings is 1. The van der Waals surface area contributed by atoms with Crippen LogP contribution in [0.4, 0.5) is 0 Å². The van der Waals surface area contributed by atoms with Crippen LogP contribution in [0.2, 0.25) is 0 Å². The number of amides is 1. The van der Waals surface area contributed by atoms with E-state index in [9.17, 15) is 9.59 Å². The Labute approximate surface area is 195 Å². The van der Waals surface area contributed by atoms with E-state index in [1.807, 2.05) is 58.0 Å². The fourth-order valence-corrected chi connectivity index (χ4v) is 4.66. The highest BCUT2D eigenvalue weighted by Gasteiger charge is 2.19. The van der Waals surface area contributed by atoms with Gasteiger partial charge in [-0.15, -0.1) is 0 Å². The summed E-state index contributed by atoms with van der Waals surface area (Å²) >= 11 is 0. The van der Waals surface area contributed by atoms with Crippen molar-refractivity contribution in [3.8, 4) is 0 Å². The summed E-state index contributed by atoms with van der Waals surface area (Å²) in [6.07, 6.45) is 4.54. The molecule has 1 fully saturated rings. The maximum absolute atomic E-state index is 13.6. The second-order valence-electron chi connectivity index (χ2n) is 8.85. The van der Waals surface area contributed by atoms with Crippen LogP contribution in [-0.2, 0) is 16.1 Å². The molecule has 6 nitrogen and oxygen atoms in total. The van der Waals surface area contributed by atoms with Gasteiger partial charge < -0.3 is 14.2 Å². The number of benzene rings is 2. The molecule has 0 radical (unpaired) electrons. The van der Waals surface area contributed by atoms with Gasteiger partial charge in [0.2, 0.25) is 5.91 Å². The van der Waals surface area contributed by atoms with Gasteiger partial charge in [0.05, 0.1) is 24.2 Å². The number of rotatable bonds is 10. The highest BCUT2D eigenvalue weighted by atomic mass is 16.5. The number of unbranched alkanes of at least 4 members (excludes halogenated alkanes) is 3. The molecule has 33 heavy (non-hydrogen) atoms. The Morgan fingerprint density at radius 1 is 0.909 bits per heavy atom. The van der Waals surface area contributed by atoms with E-state index in [1.165, 1.54) is 12.8 Å². The zero-order valence-electron chi connectivity index (χ0n) is 19.7. The molecule has 1 aromatic heterocycles. The standard InChI is InChI=1S/C27H35N3O3/c1-2-3-4-9-14-29(16-15-28-17-19-33-20-18-28)26(31)21-30-24-12-7-5-10-22(24)27(32)23-11-6-8-13-25(23)30/h5-8,10-13H,2-4,9,14-21H2,1H3. The summed E-state index contributed by atoms with van der Waals surface area (Å²) in [5, 5.41) is 1.32. The molecular weight excluding hydrogens is 414 g/mol. The molecule has 4 rings (SSSR count). The van der Waals surface area contributed by atoms with E-state index in [1.54, 1.807) is 0 Å². The molecule has 3 aromatic rings. The van der Waals surface area contributed by atoms with E-state index in [0.29, 0.717) is 10.8 Å². The van der Waals surface area contributed by atoms with Crippen molar-refractivity contribution in [3.63, 3.8) is 0 Å². The van der Waals surface area contributed by atoms with E-state index in [4.69, 9.17) is 4.74 Å². The van der Waals surface area contributed by atoms with Crippen LogP contribution in [0, 0.1) is 0 Å². The predicted octanol–water partition coefficient (Wildman–Crippen LogP) is 3.90. The lowest BCUT2D eigenvalue weighted by Gasteiger charge is -2.30. The molecule has 1 aliphatic heterocycles. The number of hydrogen-bond donors (Lipinski definition) is 0. The second kappa shape index (κ2) is 11.4. The Morgan fingerprint density at radius 2 is 1.55 bits per heavy atom. The Bertz CT molecular complexity index is 1070. The number of morpholine rings is 1. The van der Waals surface area contributed by atoms with Crippen LogP contribution in [0.1, 0.15) is 32.6 Å². The molecule has 0 saturated carbocycles. The zero-order chi connectivity index (χ0) is 23.0. The highest BCUT2D eigenvalue weighted by Crippen LogP contribution is 2.19. The monoisotopic (exact) mass is 449 g/mol. The summed E-state index contributed by atoms with van der Waals surface area (Å²) in [6.45, 7) is 8.18. The summed E-state index contributed by atoms with van der Waals surface area (Å²) in [6, 6.07) is 15.2. The summed E-state index contributed by atoms with van der Waals surface area (Å²) in [5.74, 6) is 0.110. The molecule has 0 atom stereocenters. The number of nitrogens with zero attached hydrogens (tertiary/aromatic N) is 3. The van der Waals surface area contributed by atoms with Crippen molar-refractivity contribution in [1.29, 1.82) is 0 Å². The minimum absolute atomic E-state index is 0.0219. The normalized spacial score (nSPS) is 14.7. The molecule has 0 N–H and O–H groups in total. The molecule has 1 saturated heterocycles. The Balaban J connectivity index is 1.59.